The van der Waals surface area contributed by atoms with Crippen molar-refractivity contribution in [1.82, 2.24) is 10.2 Å². The number of hydrogen-bond donors (Lipinski definition) is 1. The first kappa shape index (κ1) is 13.1. The Morgan fingerprint density at radius 1 is 1.21 bits per heavy atom. The third-order valence-electron chi connectivity index (χ3n) is 4.32. The van der Waals surface area contributed by atoms with E-state index in [1.54, 1.807) is 12.1 Å². The van der Waals surface area contributed by atoms with E-state index in [-0.39, 0.29) is 5.82 Å². The van der Waals surface area contributed by atoms with Crippen LogP contribution in [0.3, 0.4) is 0 Å². The van der Waals surface area contributed by atoms with Gasteiger partial charge in [-0.25, -0.2) is 4.39 Å². The minimum absolute atomic E-state index is 0.147. The first-order chi connectivity index (χ1) is 9.24. The predicted molar refractivity (Wildman–Crippen MR) is 75.5 cm³/mol. The second-order valence-corrected chi connectivity index (χ2v) is 6.03. The Balaban J connectivity index is 1.53. The van der Waals surface area contributed by atoms with Gasteiger partial charge in [0.2, 0.25) is 0 Å². The molecule has 0 amide bonds. The maximum Gasteiger partial charge on any atom is 0.123 e. The van der Waals surface area contributed by atoms with Gasteiger partial charge in [0.15, 0.2) is 0 Å². The van der Waals surface area contributed by atoms with E-state index >= 15 is 0 Å². The van der Waals surface area contributed by atoms with Gasteiger partial charge < -0.3 is 10.2 Å². The number of hydrogen-bond acceptors (Lipinski definition) is 2. The Morgan fingerprint density at radius 3 is 2.47 bits per heavy atom. The molecule has 1 aromatic rings. The van der Waals surface area contributed by atoms with Crippen LogP contribution in [0.2, 0.25) is 0 Å². The van der Waals surface area contributed by atoms with Crippen LogP contribution in [0, 0.1) is 11.7 Å². The zero-order chi connectivity index (χ0) is 13.2. The van der Waals surface area contributed by atoms with E-state index < -0.39 is 0 Å². The van der Waals surface area contributed by atoms with Crippen LogP contribution in [0.25, 0.3) is 0 Å². The number of halogens is 1. The molecule has 2 fully saturated rings. The van der Waals surface area contributed by atoms with Crippen molar-refractivity contribution < 1.29 is 4.39 Å². The minimum Gasteiger partial charge on any atom is -0.308 e. The number of benzene rings is 1. The zero-order valence-electron chi connectivity index (χ0n) is 11.6. The normalized spacial score (nSPS) is 20.8. The second kappa shape index (κ2) is 5.59. The van der Waals surface area contributed by atoms with Crippen molar-refractivity contribution in [3.05, 3.63) is 35.6 Å². The number of nitrogens with one attached hydrogen (secondary N) is 1. The Bertz CT molecular complexity index is 409. The maximum absolute atomic E-state index is 13.0. The third-order valence-corrected chi connectivity index (χ3v) is 4.32. The Morgan fingerprint density at radius 2 is 1.89 bits per heavy atom. The standard InChI is InChI=1S/C16H23FN2/c1-19(15-8-9-15)11-10-18-16(12-2-3-12)13-4-6-14(17)7-5-13/h4-7,12,15-16,18H,2-3,8-11H2,1H3. The molecule has 3 heteroatoms. The van der Waals surface area contributed by atoms with Crippen molar-refractivity contribution in [2.75, 3.05) is 20.1 Å². The first-order valence-corrected chi connectivity index (χ1v) is 7.43. The summed E-state index contributed by atoms with van der Waals surface area (Å²) in [6.45, 7) is 2.13. The maximum atomic E-state index is 13.0. The molecule has 1 aromatic carbocycles. The molecule has 1 N–H and O–H groups in total. The van der Waals surface area contributed by atoms with Crippen LogP contribution in [-0.2, 0) is 0 Å². The summed E-state index contributed by atoms with van der Waals surface area (Å²) in [4.78, 5) is 2.45. The van der Waals surface area contributed by atoms with Gasteiger partial charge in [0, 0.05) is 25.2 Å². The fourth-order valence-electron chi connectivity index (χ4n) is 2.75. The summed E-state index contributed by atoms with van der Waals surface area (Å²) >= 11 is 0. The van der Waals surface area contributed by atoms with Crippen molar-refractivity contribution in [3.8, 4) is 0 Å². The highest BCUT2D eigenvalue weighted by Crippen LogP contribution is 2.40. The number of rotatable bonds is 7. The smallest absolute Gasteiger partial charge is 0.123 e. The van der Waals surface area contributed by atoms with Gasteiger partial charge in [-0.05, 0) is 56.3 Å². The van der Waals surface area contributed by atoms with Crippen LogP contribution >= 0.6 is 0 Å². The molecule has 104 valence electrons. The fraction of sp³-hybridized carbons (Fsp3) is 0.625. The molecule has 1 unspecified atom stereocenters. The van der Waals surface area contributed by atoms with Gasteiger partial charge in [0.1, 0.15) is 5.82 Å². The van der Waals surface area contributed by atoms with Crippen LogP contribution in [0.4, 0.5) is 4.39 Å². The average Bonchev–Trinajstić information content (AvgIpc) is 3.29. The molecule has 19 heavy (non-hydrogen) atoms. The van der Waals surface area contributed by atoms with Crippen molar-refractivity contribution >= 4 is 0 Å². The highest BCUT2D eigenvalue weighted by Gasteiger charge is 2.32. The Labute approximate surface area is 115 Å². The topological polar surface area (TPSA) is 15.3 Å². The summed E-state index contributed by atoms with van der Waals surface area (Å²) in [6, 6.07) is 8.23. The number of nitrogens with zero attached hydrogens (tertiary/aromatic N) is 1. The predicted octanol–water partition coefficient (Wildman–Crippen LogP) is 2.96. The van der Waals surface area contributed by atoms with E-state index in [1.165, 1.54) is 31.2 Å². The molecule has 2 aliphatic rings. The van der Waals surface area contributed by atoms with Gasteiger partial charge in [0.25, 0.3) is 0 Å². The molecule has 0 aliphatic heterocycles. The van der Waals surface area contributed by atoms with Crippen LogP contribution in [0.5, 0.6) is 0 Å². The highest BCUT2D eigenvalue weighted by molar-refractivity contribution is 5.22. The lowest BCUT2D eigenvalue weighted by Crippen LogP contribution is -2.33. The van der Waals surface area contributed by atoms with E-state index in [0.717, 1.165) is 25.0 Å². The largest absolute Gasteiger partial charge is 0.308 e. The average molecular weight is 262 g/mol. The van der Waals surface area contributed by atoms with Gasteiger partial charge in [-0.1, -0.05) is 12.1 Å². The lowest BCUT2D eigenvalue weighted by atomic mass is 10.0. The van der Waals surface area contributed by atoms with E-state index in [0.29, 0.717) is 6.04 Å². The molecule has 0 spiro atoms. The van der Waals surface area contributed by atoms with Crippen LogP contribution in [0.1, 0.15) is 37.3 Å². The first-order valence-electron chi connectivity index (χ1n) is 7.43. The minimum atomic E-state index is -0.147. The van der Waals surface area contributed by atoms with Gasteiger partial charge in [-0.15, -0.1) is 0 Å². The van der Waals surface area contributed by atoms with E-state index in [9.17, 15) is 4.39 Å². The molecule has 0 aromatic heterocycles. The Hall–Kier alpha value is -0.930. The third kappa shape index (κ3) is 3.54. The highest BCUT2D eigenvalue weighted by atomic mass is 19.1. The monoisotopic (exact) mass is 262 g/mol. The SMILES string of the molecule is CN(CCNC(c1ccc(F)cc1)C1CC1)C1CC1. The molecule has 2 nitrogen and oxygen atoms in total. The van der Waals surface area contributed by atoms with Crippen molar-refractivity contribution in [3.63, 3.8) is 0 Å². The van der Waals surface area contributed by atoms with E-state index in [1.807, 2.05) is 12.1 Å². The summed E-state index contributed by atoms with van der Waals surface area (Å²) in [6.07, 6.45) is 5.32. The van der Waals surface area contributed by atoms with Crippen LogP contribution in [0.15, 0.2) is 24.3 Å². The zero-order valence-corrected chi connectivity index (χ0v) is 11.6. The van der Waals surface area contributed by atoms with Crippen molar-refractivity contribution in [1.29, 1.82) is 0 Å². The molecule has 1 atom stereocenters. The summed E-state index contributed by atoms with van der Waals surface area (Å²) in [7, 11) is 2.21. The molecule has 0 heterocycles. The second-order valence-electron chi connectivity index (χ2n) is 6.03. The lowest BCUT2D eigenvalue weighted by molar-refractivity contribution is 0.310. The molecule has 3 rings (SSSR count). The summed E-state index contributed by atoms with van der Waals surface area (Å²) in [5, 5.41) is 3.67. The van der Waals surface area contributed by atoms with Gasteiger partial charge in [0.05, 0.1) is 0 Å². The summed E-state index contributed by atoms with van der Waals surface area (Å²) in [5.74, 6) is 0.600. The van der Waals surface area contributed by atoms with Gasteiger partial charge in [-0.3, -0.25) is 0 Å². The van der Waals surface area contributed by atoms with Gasteiger partial charge >= 0.3 is 0 Å². The van der Waals surface area contributed by atoms with E-state index in [2.05, 4.69) is 17.3 Å². The quantitative estimate of drug-likeness (QED) is 0.812. The lowest BCUT2D eigenvalue weighted by Gasteiger charge is -2.22. The molecular weight excluding hydrogens is 239 g/mol. The number of likely N-dealkylation sites (N-methyl/N-ethyl adjacent to an activating group) is 1. The molecule has 2 saturated carbocycles. The molecule has 0 radical (unpaired) electrons. The molecule has 2 aliphatic carbocycles. The van der Waals surface area contributed by atoms with Gasteiger partial charge in [-0.2, -0.15) is 0 Å². The van der Waals surface area contributed by atoms with Crippen molar-refractivity contribution in [2.24, 2.45) is 5.92 Å². The molecule has 0 bridgehead atoms. The van der Waals surface area contributed by atoms with E-state index in [4.69, 9.17) is 0 Å². The van der Waals surface area contributed by atoms with Crippen LogP contribution in [-0.4, -0.2) is 31.1 Å². The Kier molecular flexibility index (Phi) is 3.85. The van der Waals surface area contributed by atoms with Crippen molar-refractivity contribution in [2.45, 2.75) is 37.8 Å². The molecular formula is C16H23FN2. The fourth-order valence-corrected chi connectivity index (χ4v) is 2.75. The summed E-state index contributed by atoms with van der Waals surface area (Å²) in [5.41, 5.74) is 1.23. The summed E-state index contributed by atoms with van der Waals surface area (Å²) < 4.78 is 13.0. The molecule has 0 saturated heterocycles. The van der Waals surface area contributed by atoms with Crippen LogP contribution < -0.4 is 5.32 Å².